The van der Waals surface area contributed by atoms with Gasteiger partial charge >= 0.3 is 0 Å². The average molecular weight is 731 g/mol. The predicted octanol–water partition coefficient (Wildman–Crippen LogP) is 5.49. The number of para-hydroxylation sites is 2. The number of amides is 4. The number of nitrogens with one attached hydrogen (secondary N) is 4. The van der Waals surface area contributed by atoms with Crippen molar-refractivity contribution >= 4 is 69.3 Å². The lowest BCUT2D eigenvalue weighted by Gasteiger charge is -2.12. The van der Waals surface area contributed by atoms with Gasteiger partial charge in [-0.2, -0.15) is 20.5 Å². The quantitative estimate of drug-likeness (QED) is 0.0694. The summed E-state index contributed by atoms with van der Waals surface area (Å²) in [5.41, 5.74) is 4.14. The van der Waals surface area contributed by atoms with E-state index >= 15 is 0 Å². The molecule has 0 spiro atoms. The number of rotatable bonds is 15. The molecular formula is C38H34N8O8. The fourth-order valence-corrected chi connectivity index (χ4v) is 5.52. The largest absolute Gasteiger partial charge is 0.488 e. The van der Waals surface area contributed by atoms with Crippen molar-refractivity contribution in [1.29, 1.82) is 0 Å². The van der Waals surface area contributed by atoms with E-state index in [-0.39, 0.29) is 49.2 Å². The molecule has 2 atom stereocenters. The Balaban J connectivity index is 1.04. The first-order valence-electron chi connectivity index (χ1n) is 16.8. The van der Waals surface area contributed by atoms with Gasteiger partial charge in [-0.1, -0.05) is 30.3 Å². The number of azo groups is 2. The predicted molar refractivity (Wildman–Crippen MR) is 197 cm³/mol. The van der Waals surface area contributed by atoms with Gasteiger partial charge in [-0.25, -0.2) is 0 Å². The van der Waals surface area contributed by atoms with E-state index in [0.29, 0.717) is 34.2 Å². The van der Waals surface area contributed by atoms with Crippen LogP contribution in [0.25, 0.3) is 0 Å². The first-order chi connectivity index (χ1) is 26.0. The molecule has 4 aromatic rings. The first-order valence-corrected chi connectivity index (χ1v) is 16.8. The van der Waals surface area contributed by atoms with Gasteiger partial charge in [-0.15, -0.1) is 0 Å². The lowest BCUT2D eigenvalue weighted by atomic mass is 10.1. The molecule has 6 rings (SSSR count). The second kappa shape index (κ2) is 16.5. The number of anilines is 4. The molecule has 54 heavy (non-hydrogen) atoms. The van der Waals surface area contributed by atoms with Gasteiger partial charge < -0.3 is 30.7 Å². The maximum atomic E-state index is 13.0. The number of hydrogen-bond donors (Lipinski definition) is 4. The Hall–Kier alpha value is -7.10. The molecule has 2 unspecified atom stereocenters. The monoisotopic (exact) mass is 730 g/mol. The van der Waals surface area contributed by atoms with Crippen molar-refractivity contribution in [3.05, 3.63) is 96.1 Å². The van der Waals surface area contributed by atoms with Crippen molar-refractivity contribution in [3.63, 3.8) is 0 Å². The summed E-state index contributed by atoms with van der Waals surface area (Å²) in [6.07, 6.45) is 0.450. The van der Waals surface area contributed by atoms with Crippen LogP contribution in [0.3, 0.4) is 0 Å². The summed E-state index contributed by atoms with van der Waals surface area (Å²) in [6, 6.07) is 20.4. The Morgan fingerprint density at radius 2 is 1.11 bits per heavy atom. The molecule has 0 bridgehead atoms. The van der Waals surface area contributed by atoms with Crippen molar-refractivity contribution in [2.45, 2.75) is 38.8 Å². The number of ketones is 2. The molecule has 0 radical (unpaired) electrons. The van der Waals surface area contributed by atoms with Crippen molar-refractivity contribution in [2.24, 2.45) is 20.5 Å². The van der Waals surface area contributed by atoms with Crippen LogP contribution in [0.5, 0.6) is 11.5 Å². The minimum atomic E-state index is -1.44. The summed E-state index contributed by atoms with van der Waals surface area (Å²) >= 11 is 0. The second-order valence-corrected chi connectivity index (χ2v) is 12.3. The Morgan fingerprint density at radius 3 is 1.67 bits per heavy atom. The lowest BCUT2D eigenvalue weighted by molar-refractivity contribution is -0.127. The number of nitrogens with zero attached hydrogens (tertiary/aromatic N) is 4. The number of benzene rings is 4. The number of carbonyl (C=O) groups is 6. The van der Waals surface area contributed by atoms with Crippen LogP contribution in [0.2, 0.25) is 0 Å². The molecule has 4 amide bonds. The van der Waals surface area contributed by atoms with E-state index in [1.165, 1.54) is 13.8 Å². The normalized spacial score (nSPS) is 14.1. The summed E-state index contributed by atoms with van der Waals surface area (Å²) in [6.45, 7) is 2.56. The van der Waals surface area contributed by atoms with Crippen LogP contribution >= 0.6 is 0 Å². The summed E-state index contributed by atoms with van der Waals surface area (Å²) < 4.78 is 11.8. The molecule has 16 nitrogen and oxygen atoms in total. The molecule has 2 aliphatic rings. The van der Waals surface area contributed by atoms with Gasteiger partial charge in [0.2, 0.25) is 23.9 Å². The standard InChI is InChI=1S/C38H34N8O8/c1-21(47)35(37(51)39-25-13-14-27-24(17-25)19-34(50)41-27)45-43-28-7-3-5-9-31(28)53-15-16-54-32-10-6-4-8-29(32)44-46-36(22(2)48)38(52)40-26-12-11-23-18-33(49)42-30(23)20-26/h3-14,17,20,35-36H,15-16,18-19H2,1-2H3,(H,39,51)(H,40,52)(H,41,50)(H,42,49). The molecule has 4 aromatic carbocycles. The van der Waals surface area contributed by atoms with Crippen molar-refractivity contribution in [2.75, 3.05) is 34.5 Å². The molecular weight excluding hydrogens is 696 g/mol. The number of hydrogen-bond acceptors (Lipinski definition) is 12. The van der Waals surface area contributed by atoms with Crippen molar-refractivity contribution in [3.8, 4) is 11.5 Å². The third-order valence-electron chi connectivity index (χ3n) is 8.16. The molecule has 4 N–H and O–H groups in total. The van der Waals surface area contributed by atoms with E-state index in [2.05, 4.69) is 41.7 Å². The first kappa shape index (κ1) is 36.7. The third kappa shape index (κ3) is 9.03. The highest BCUT2D eigenvalue weighted by molar-refractivity contribution is 6.11. The molecule has 0 saturated heterocycles. The minimum Gasteiger partial charge on any atom is -0.488 e. The molecule has 0 saturated carbocycles. The molecule has 0 fully saturated rings. The van der Waals surface area contributed by atoms with Gasteiger partial charge in [0.15, 0.2) is 11.6 Å². The number of fused-ring (bicyclic) bond motifs is 2. The average Bonchev–Trinajstić information content (AvgIpc) is 3.70. The zero-order chi connectivity index (χ0) is 38.2. The van der Waals surface area contributed by atoms with Crippen LogP contribution in [0.1, 0.15) is 25.0 Å². The van der Waals surface area contributed by atoms with Crippen LogP contribution in [-0.2, 0) is 41.6 Å². The van der Waals surface area contributed by atoms with E-state index in [4.69, 9.17) is 9.47 Å². The van der Waals surface area contributed by atoms with E-state index in [9.17, 15) is 28.8 Å². The van der Waals surface area contributed by atoms with E-state index < -0.39 is 35.5 Å². The van der Waals surface area contributed by atoms with Gasteiger partial charge in [0.05, 0.1) is 12.8 Å². The Bertz CT molecular complexity index is 2060. The highest BCUT2D eigenvalue weighted by atomic mass is 16.5. The Morgan fingerprint density at radius 1 is 0.630 bits per heavy atom. The van der Waals surface area contributed by atoms with Crippen LogP contribution in [0.4, 0.5) is 34.1 Å². The zero-order valence-corrected chi connectivity index (χ0v) is 29.1. The lowest BCUT2D eigenvalue weighted by Crippen LogP contribution is -2.31. The summed E-state index contributed by atoms with van der Waals surface area (Å²) in [5.74, 6) is -2.08. The van der Waals surface area contributed by atoms with Crippen LogP contribution < -0.4 is 30.7 Å². The van der Waals surface area contributed by atoms with Gasteiger partial charge in [0.1, 0.15) is 36.1 Å². The summed E-state index contributed by atoms with van der Waals surface area (Å²) in [5, 5.41) is 27.1. The number of ether oxygens (including phenoxy) is 2. The molecule has 0 aliphatic carbocycles. The molecule has 2 heterocycles. The van der Waals surface area contributed by atoms with Gasteiger partial charge in [-0.05, 0) is 79.6 Å². The zero-order valence-electron chi connectivity index (χ0n) is 29.1. The summed E-state index contributed by atoms with van der Waals surface area (Å²) in [7, 11) is 0. The van der Waals surface area contributed by atoms with Crippen LogP contribution in [0.15, 0.2) is 105 Å². The Kier molecular flexibility index (Phi) is 11.2. The van der Waals surface area contributed by atoms with E-state index in [1.807, 2.05) is 0 Å². The summed E-state index contributed by atoms with van der Waals surface area (Å²) in [4.78, 5) is 74.1. The van der Waals surface area contributed by atoms with Crippen LogP contribution in [0, 0.1) is 0 Å². The Labute approximate surface area is 308 Å². The molecule has 16 heteroatoms. The fourth-order valence-electron chi connectivity index (χ4n) is 5.52. The maximum Gasteiger partial charge on any atom is 0.258 e. The van der Waals surface area contributed by atoms with E-state index in [0.717, 1.165) is 11.1 Å². The topological polar surface area (TPSA) is 218 Å². The molecule has 2 aliphatic heterocycles. The highest BCUT2D eigenvalue weighted by Gasteiger charge is 2.26. The molecule has 274 valence electrons. The second-order valence-electron chi connectivity index (χ2n) is 12.3. The fraction of sp³-hybridized carbons (Fsp3) is 0.211. The van der Waals surface area contributed by atoms with Gasteiger partial charge in [-0.3, -0.25) is 28.8 Å². The number of Topliss-reactive ketones (excluding diaryl/α,β-unsaturated/α-hetero) is 2. The van der Waals surface area contributed by atoms with Crippen molar-refractivity contribution in [1.82, 2.24) is 0 Å². The van der Waals surface area contributed by atoms with E-state index in [1.54, 1.807) is 84.9 Å². The van der Waals surface area contributed by atoms with Crippen LogP contribution in [-0.4, -0.2) is 60.5 Å². The SMILES string of the molecule is CC(=O)C(N=Nc1ccccc1OCCOc1ccccc1N=NC(C(C)=O)C(=O)Nc1ccc2c(c1)NC(=O)C2)C(=O)Nc1ccc2c(c1)CC(=O)N2. The van der Waals surface area contributed by atoms with Gasteiger partial charge in [0.25, 0.3) is 11.8 Å². The third-order valence-corrected chi connectivity index (χ3v) is 8.16. The molecule has 0 aromatic heterocycles. The minimum absolute atomic E-state index is 0.0455. The van der Waals surface area contributed by atoms with Crippen molar-refractivity contribution < 1.29 is 38.2 Å². The maximum absolute atomic E-state index is 13.0. The van der Waals surface area contributed by atoms with Gasteiger partial charge in [0, 0.05) is 22.7 Å². The number of carbonyl (C=O) groups excluding carboxylic acids is 6. The smallest absolute Gasteiger partial charge is 0.258 e. The highest BCUT2D eigenvalue weighted by Crippen LogP contribution is 2.31.